The molecule has 0 N–H and O–H groups in total. The summed E-state index contributed by atoms with van der Waals surface area (Å²) in [5.41, 5.74) is 1.11. The Morgan fingerprint density at radius 2 is 1.87 bits per heavy atom. The Bertz CT molecular complexity index is 908. The van der Waals surface area contributed by atoms with E-state index in [1.807, 2.05) is 42.5 Å². The molecule has 8 heteroatoms. The van der Waals surface area contributed by atoms with Crippen LogP contribution in [0.15, 0.2) is 67.3 Å². The second kappa shape index (κ2) is 9.78. The molecule has 1 fully saturated rings. The van der Waals surface area contributed by atoms with Gasteiger partial charge in [-0.1, -0.05) is 12.1 Å². The Kier molecular flexibility index (Phi) is 6.44. The zero-order valence-corrected chi connectivity index (χ0v) is 16.6. The van der Waals surface area contributed by atoms with Gasteiger partial charge in [0.25, 0.3) is 0 Å². The monoisotopic (exact) mass is 408 g/mol. The Labute approximate surface area is 175 Å². The molecule has 1 aliphatic rings. The molecule has 3 heterocycles. The fourth-order valence-corrected chi connectivity index (χ4v) is 3.22. The maximum absolute atomic E-state index is 12.4. The smallest absolute Gasteiger partial charge is 0.415 e. The lowest BCUT2D eigenvalue weighted by atomic mass is 10.1. The Morgan fingerprint density at radius 1 is 1.03 bits per heavy atom. The van der Waals surface area contributed by atoms with Crippen LogP contribution in [-0.2, 0) is 6.42 Å². The van der Waals surface area contributed by atoms with E-state index >= 15 is 0 Å². The summed E-state index contributed by atoms with van der Waals surface area (Å²) in [6.07, 6.45) is 8.78. The zero-order valence-electron chi connectivity index (χ0n) is 16.6. The van der Waals surface area contributed by atoms with Crippen LogP contribution in [0.4, 0.5) is 4.79 Å². The standard InChI is InChI=1S/C22H24N4O4/c27-22(25-14-8-20(9-15-25)30-26-13-2-12-24-26)29-19-6-4-18(5-7-19)10-16-28-21-3-1-11-23-17-21/h1-7,11-13,17,20H,8-10,14-16H2. The van der Waals surface area contributed by atoms with Gasteiger partial charge in [-0.3, -0.25) is 4.98 Å². The van der Waals surface area contributed by atoms with Gasteiger partial charge in [0.1, 0.15) is 17.6 Å². The number of carbonyl (C=O) groups excluding carboxylic acids is 1. The number of carbonyl (C=O) groups is 1. The number of hydrogen-bond donors (Lipinski definition) is 0. The van der Waals surface area contributed by atoms with Gasteiger partial charge in [0.05, 0.1) is 25.2 Å². The van der Waals surface area contributed by atoms with Crippen molar-refractivity contribution >= 4 is 6.09 Å². The van der Waals surface area contributed by atoms with Gasteiger partial charge >= 0.3 is 6.09 Å². The van der Waals surface area contributed by atoms with Crippen LogP contribution in [-0.4, -0.2) is 51.7 Å². The second-order valence-electron chi connectivity index (χ2n) is 7.00. The first-order valence-electron chi connectivity index (χ1n) is 10.0. The lowest BCUT2D eigenvalue weighted by Crippen LogP contribution is -2.44. The molecular formula is C22H24N4O4. The van der Waals surface area contributed by atoms with E-state index in [-0.39, 0.29) is 12.2 Å². The molecule has 0 unspecified atom stereocenters. The van der Waals surface area contributed by atoms with Crippen LogP contribution in [0.25, 0.3) is 0 Å². The van der Waals surface area contributed by atoms with Gasteiger partial charge in [-0.25, -0.2) is 4.79 Å². The number of aromatic nitrogens is 3. The number of amides is 1. The normalized spacial score (nSPS) is 14.3. The Balaban J connectivity index is 1.19. The van der Waals surface area contributed by atoms with Crippen LogP contribution in [0.2, 0.25) is 0 Å². The highest BCUT2D eigenvalue weighted by Crippen LogP contribution is 2.17. The van der Waals surface area contributed by atoms with E-state index in [9.17, 15) is 4.79 Å². The van der Waals surface area contributed by atoms with Crippen LogP contribution < -0.4 is 14.3 Å². The van der Waals surface area contributed by atoms with Crippen molar-refractivity contribution in [2.45, 2.75) is 25.4 Å². The van der Waals surface area contributed by atoms with Gasteiger partial charge in [-0.15, -0.1) is 9.94 Å². The fourth-order valence-electron chi connectivity index (χ4n) is 3.22. The van der Waals surface area contributed by atoms with Crippen LogP contribution in [0, 0.1) is 0 Å². The summed E-state index contributed by atoms with van der Waals surface area (Å²) in [4.78, 5) is 25.3. The maximum Gasteiger partial charge on any atom is 0.415 e. The highest BCUT2D eigenvalue weighted by atomic mass is 16.7. The molecule has 2 aromatic heterocycles. The highest BCUT2D eigenvalue weighted by molar-refractivity contribution is 5.70. The van der Waals surface area contributed by atoms with E-state index in [4.69, 9.17) is 14.3 Å². The molecule has 0 aliphatic carbocycles. The molecule has 1 saturated heterocycles. The number of rotatable bonds is 7. The van der Waals surface area contributed by atoms with Crippen LogP contribution >= 0.6 is 0 Å². The number of benzene rings is 1. The van der Waals surface area contributed by atoms with Crippen molar-refractivity contribution in [2.75, 3.05) is 19.7 Å². The third-order valence-electron chi connectivity index (χ3n) is 4.86. The van der Waals surface area contributed by atoms with Crippen molar-refractivity contribution in [3.8, 4) is 11.5 Å². The molecule has 0 atom stereocenters. The van der Waals surface area contributed by atoms with E-state index in [1.54, 1.807) is 29.7 Å². The molecule has 1 amide bonds. The van der Waals surface area contributed by atoms with E-state index < -0.39 is 0 Å². The third-order valence-corrected chi connectivity index (χ3v) is 4.86. The van der Waals surface area contributed by atoms with E-state index in [1.165, 1.54) is 4.85 Å². The fraction of sp³-hybridized carbons (Fsp3) is 0.318. The number of likely N-dealkylation sites (tertiary alicyclic amines) is 1. The quantitative estimate of drug-likeness (QED) is 0.598. The molecule has 4 rings (SSSR count). The van der Waals surface area contributed by atoms with Gasteiger partial charge in [-0.05, 0) is 35.9 Å². The molecule has 156 valence electrons. The molecule has 1 aliphatic heterocycles. The van der Waals surface area contributed by atoms with Crippen molar-refractivity contribution in [1.29, 1.82) is 0 Å². The summed E-state index contributed by atoms with van der Waals surface area (Å²) in [6.45, 7) is 1.74. The largest absolute Gasteiger partial charge is 0.492 e. The Hall–Kier alpha value is -3.55. The van der Waals surface area contributed by atoms with Crippen LogP contribution in [0.3, 0.4) is 0 Å². The number of hydrogen-bond acceptors (Lipinski definition) is 6. The average molecular weight is 408 g/mol. The molecule has 3 aromatic rings. The molecular weight excluding hydrogens is 384 g/mol. The molecule has 0 saturated carbocycles. The van der Waals surface area contributed by atoms with Crippen molar-refractivity contribution < 1.29 is 19.1 Å². The number of nitrogens with zero attached hydrogens (tertiary/aromatic N) is 4. The summed E-state index contributed by atoms with van der Waals surface area (Å²) in [7, 11) is 0. The van der Waals surface area contributed by atoms with Crippen molar-refractivity contribution in [3.05, 3.63) is 72.8 Å². The lowest BCUT2D eigenvalue weighted by molar-refractivity contribution is -0.0162. The molecule has 8 nitrogen and oxygen atoms in total. The maximum atomic E-state index is 12.4. The summed E-state index contributed by atoms with van der Waals surface area (Å²) in [5, 5.41) is 4.04. The predicted molar refractivity (Wildman–Crippen MR) is 109 cm³/mol. The number of piperidine rings is 1. The van der Waals surface area contributed by atoms with Gasteiger partial charge in [0.2, 0.25) is 0 Å². The first-order chi connectivity index (χ1) is 14.8. The zero-order chi connectivity index (χ0) is 20.6. The first kappa shape index (κ1) is 19.8. The van der Waals surface area contributed by atoms with Gasteiger partial charge in [-0.2, -0.15) is 0 Å². The summed E-state index contributed by atoms with van der Waals surface area (Å²) < 4.78 is 11.2. The molecule has 0 bridgehead atoms. The summed E-state index contributed by atoms with van der Waals surface area (Å²) in [6, 6.07) is 13.0. The number of ether oxygens (including phenoxy) is 2. The van der Waals surface area contributed by atoms with Gasteiger partial charge < -0.3 is 19.2 Å². The Morgan fingerprint density at radius 3 is 2.57 bits per heavy atom. The minimum absolute atomic E-state index is 0.0436. The summed E-state index contributed by atoms with van der Waals surface area (Å²) >= 11 is 0. The number of pyridine rings is 1. The molecule has 1 aromatic carbocycles. The third kappa shape index (κ3) is 5.50. The van der Waals surface area contributed by atoms with Gasteiger partial charge in [0.15, 0.2) is 0 Å². The highest BCUT2D eigenvalue weighted by Gasteiger charge is 2.25. The minimum atomic E-state index is -0.333. The minimum Gasteiger partial charge on any atom is -0.492 e. The van der Waals surface area contributed by atoms with Crippen LogP contribution in [0.1, 0.15) is 18.4 Å². The van der Waals surface area contributed by atoms with Crippen molar-refractivity contribution in [3.63, 3.8) is 0 Å². The molecule has 0 spiro atoms. The SMILES string of the molecule is O=C(Oc1ccc(CCOc2cccnc2)cc1)N1CCC(On2cccn2)CC1. The van der Waals surface area contributed by atoms with E-state index in [0.717, 1.165) is 30.6 Å². The van der Waals surface area contributed by atoms with E-state index in [0.29, 0.717) is 25.4 Å². The van der Waals surface area contributed by atoms with Crippen molar-refractivity contribution in [1.82, 2.24) is 19.8 Å². The topological polar surface area (TPSA) is 78.7 Å². The van der Waals surface area contributed by atoms with E-state index in [2.05, 4.69) is 10.1 Å². The predicted octanol–water partition coefficient (Wildman–Crippen LogP) is 2.99. The van der Waals surface area contributed by atoms with Crippen molar-refractivity contribution in [2.24, 2.45) is 0 Å². The average Bonchev–Trinajstić information content (AvgIpc) is 3.29. The first-order valence-corrected chi connectivity index (χ1v) is 10.0. The second-order valence-corrected chi connectivity index (χ2v) is 7.00. The molecule has 30 heavy (non-hydrogen) atoms. The van der Waals surface area contributed by atoms with Crippen LogP contribution in [0.5, 0.6) is 11.5 Å². The van der Waals surface area contributed by atoms with Gasteiger partial charge in [0, 0.05) is 38.5 Å². The summed E-state index contributed by atoms with van der Waals surface area (Å²) in [5.74, 6) is 1.29. The lowest BCUT2D eigenvalue weighted by Gasteiger charge is -2.30. The molecule has 0 radical (unpaired) electrons.